The first kappa shape index (κ1) is 14.3. The summed E-state index contributed by atoms with van der Waals surface area (Å²) in [5.41, 5.74) is 0.485. The van der Waals surface area contributed by atoms with E-state index in [2.05, 4.69) is 10.1 Å². The van der Waals surface area contributed by atoms with Crippen LogP contribution in [0.2, 0.25) is 0 Å². The number of carbonyl (C=O) groups is 1. The highest BCUT2D eigenvalue weighted by Crippen LogP contribution is 2.12. The molecule has 3 aromatic rings. The van der Waals surface area contributed by atoms with Crippen LogP contribution in [0.4, 0.5) is 0 Å². The van der Waals surface area contributed by atoms with Gasteiger partial charge in [0.2, 0.25) is 17.5 Å². The number of nitrogens with zero attached hydrogens (tertiary/aromatic N) is 2. The first-order chi connectivity index (χ1) is 10.7. The summed E-state index contributed by atoms with van der Waals surface area (Å²) in [4.78, 5) is 16.9. The van der Waals surface area contributed by atoms with Crippen LogP contribution >= 0.6 is 0 Å². The van der Waals surface area contributed by atoms with Gasteiger partial charge in [0.15, 0.2) is 0 Å². The quantitative estimate of drug-likeness (QED) is 0.677. The van der Waals surface area contributed by atoms with E-state index >= 15 is 0 Å². The fourth-order valence-electron chi connectivity index (χ4n) is 1.89. The van der Waals surface area contributed by atoms with Gasteiger partial charge in [-0.05, 0) is 12.1 Å². The highest BCUT2D eigenvalue weighted by atomic mass is 32.2. The standard InChI is InChI=1S/C16H12N2O3S/c19-15(12-7-3-1-4-8-12)16-17-14(21-18-16)11-22(20)13-9-5-2-6-10-13/h1-10H,11H2. The van der Waals surface area contributed by atoms with Gasteiger partial charge in [0, 0.05) is 10.5 Å². The summed E-state index contributed by atoms with van der Waals surface area (Å²) in [5, 5.41) is 3.67. The van der Waals surface area contributed by atoms with Gasteiger partial charge in [0.25, 0.3) is 0 Å². The second kappa shape index (κ2) is 6.44. The molecule has 5 nitrogen and oxygen atoms in total. The normalized spacial score (nSPS) is 12.0. The third-order valence-electron chi connectivity index (χ3n) is 2.97. The zero-order valence-electron chi connectivity index (χ0n) is 11.5. The number of aromatic nitrogens is 2. The molecule has 0 saturated carbocycles. The van der Waals surface area contributed by atoms with E-state index in [-0.39, 0.29) is 23.3 Å². The molecule has 0 spiro atoms. The lowest BCUT2D eigenvalue weighted by atomic mass is 10.1. The smallest absolute Gasteiger partial charge is 0.243 e. The zero-order valence-corrected chi connectivity index (χ0v) is 12.3. The fourth-order valence-corrected chi connectivity index (χ4v) is 2.86. The maximum atomic E-state index is 12.2. The number of hydrogen-bond acceptors (Lipinski definition) is 5. The molecule has 0 aliphatic heterocycles. The molecule has 0 radical (unpaired) electrons. The van der Waals surface area contributed by atoms with E-state index in [4.69, 9.17) is 4.52 Å². The number of hydrogen-bond donors (Lipinski definition) is 0. The van der Waals surface area contributed by atoms with Crippen LogP contribution < -0.4 is 0 Å². The molecule has 2 aromatic carbocycles. The first-order valence-electron chi connectivity index (χ1n) is 6.60. The van der Waals surface area contributed by atoms with E-state index in [0.717, 1.165) is 0 Å². The summed E-state index contributed by atoms with van der Waals surface area (Å²) in [6.07, 6.45) is 0. The molecule has 110 valence electrons. The van der Waals surface area contributed by atoms with E-state index in [1.807, 2.05) is 24.3 Å². The Labute approximate surface area is 129 Å². The molecule has 0 N–H and O–H groups in total. The van der Waals surface area contributed by atoms with Gasteiger partial charge >= 0.3 is 0 Å². The Hall–Kier alpha value is -2.60. The molecule has 3 rings (SSSR count). The number of carbonyl (C=O) groups excluding carboxylic acids is 1. The van der Waals surface area contributed by atoms with Crippen molar-refractivity contribution in [3.05, 3.63) is 77.9 Å². The molecule has 1 atom stereocenters. The van der Waals surface area contributed by atoms with Crippen molar-refractivity contribution in [2.45, 2.75) is 10.6 Å². The van der Waals surface area contributed by atoms with Crippen LogP contribution in [0.25, 0.3) is 0 Å². The second-order valence-corrected chi connectivity index (χ2v) is 5.96. The van der Waals surface area contributed by atoms with Crippen molar-refractivity contribution in [2.24, 2.45) is 0 Å². The van der Waals surface area contributed by atoms with Crippen molar-refractivity contribution in [2.75, 3.05) is 0 Å². The fraction of sp³-hybridized carbons (Fsp3) is 0.0625. The molecule has 6 heteroatoms. The highest BCUT2D eigenvalue weighted by molar-refractivity contribution is 7.84. The maximum Gasteiger partial charge on any atom is 0.243 e. The lowest BCUT2D eigenvalue weighted by molar-refractivity contribution is 0.102. The summed E-state index contributed by atoms with van der Waals surface area (Å²) in [6.45, 7) is 0. The first-order valence-corrected chi connectivity index (χ1v) is 7.91. The minimum atomic E-state index is -1.29. The average molecular weight is 312 g/mol. The van der Waals surface area contributed by atoms with Crippen molar-refractivity contribution < 1.29 is 13.5 Å². The minimum Gasteiger partial charge on any atom is -0.338 e. The predicted octanol–water partition coefficient (Wildman–Crippen LogP) is 2.61. The predicted molar refractivity (Wildman–Crippen MR) is 80.7 cm³/mol. The van der Waals surface area contributed by atoms with Crippen LogP contribution in [0.5, 0.6) is 0 Å². The molecule has 0 amide bonds. The van der Waals surface area contributed by atoms with Crippen molar-refractivity contribution in [1.82, 2.24) is 10.1 Å². The number of rotatable bonds is 5. The van der Waals surface area contributed by atoms with Gasteiger partial charge < -0.3 is 4.52 Å². The minimum absolute atomic E-state index is 0.0220. The molecule has 0 fully saturated rings. The molecular weight excluding hydrogens is 300 g/mol. The van der Waals surface area contributed by atoms with Gasteiger partial charge in [-0.15, -0.1) is 0 Å². The molecule has 0 aliphatic carbocycles. The van der Waals surface area contributed by atoms with E-state index in [1.165, 1.54) is 0 Å². The summed E-state index contributed by atoms with van der Waals surface area (Å²) >= 11 is 0. The number of ketones is 1. The Morgan fingerprint density at radius 3 is 2.32 bits per heavy atom. The topological polar surface area (TPSA) is 73.1 Å². The highest BCUT2D eigenvalue weighted by Gasteiger charge is 2.18. The van der Waals surface area contributed by atoms with Crippen LogP contribution in [-0.4, -0.2) is 20.1 Å². The van der Waals surface area contributed by atoms with Crippen LogP contribution in [0.1, 0.15) is 22.1 Å². The SMILES string of the molecule is O=C(c1ccccc1)c1noc(CS(=O)c2ccccc2)n1. The molecule has 22 heavy (non-hydrogen) atoms. The van der Waals surface area contributed by atoms with Crippen LogP contribution in [-0.2, 0) is 16.6 Å². The van der Waals surface area contributed by atoms with Gasteiger partial charge in [-0.1, -0.05) is 53.7 Å². The van der Waals surface area contributed by atoms with E-state index in [0.29, 0.717) is 10.5 Å². The Morgan fingerprint density at radius 1 is 1.00 bits per heavy atom. The van der Waals surface area contributed by atoms with Crippen molar-refractivity contribution in [1.29, 1.82) is 0 Å². The van der Waals surface area contributed by atoms with Gasteiger partial charge in [0.1, 0.15) is 5.75 Å². The monoisotopic (exact) mass is 312 g/mol. The summed E-state index contributed by atoms with van der Waals surface area (Å²) in [5.74, 6) is -0.0761. The molecule has 1 heterocycles. The molecule has 1 aromatic heterocycles. The van der Waals surface area contributed by atoms with Crippen LogP contribution in [0, 0.1) is 0 Å². The van der Waals surface area contributed by atoms with E-state index < -0.39 is 10.8 Å². The van der Waals surface area contributed by atoms with Crippen molar-refractivity contribution in [3.8, 4) is 0 Å². The summed E-state index contributed by atoms with van der Waals surface area (Å²) in [6, 6.07) is 17.7. The average Bonchev–Trinajstić information content (AvgIpc) is 3.04. The molecule has 1 unspecified atom stereocenters. The maximum absolute atomic E-state index is 12.2. The second-order valence-electron chi connectivity index (χ2n) is 4.51. The Kier molecular flexibility index (Phi) is 4.20. The number of benzene rings is 2. The molecular formula is C16H12N2O3S. The lowest BCUT2D eigenvalue weighted by Crippen LogP contribution is -2.04. The molecule has 0 saturated heterocycles. The lowest BCUT2D eigenvalue weighted by Gasteiger charge is -1.97. The largest absolute Gasteiger partial charge is 0.338 e. The molecule has 0 bridgehead atoms. The van der Waals surface area contributed by atoms with Gasteiger partial charge in [0.05, 0.1) is 10.8 Å². The zero-order chi connectivity index (χ0) is 15.4. The van der Waals surface area contributed by atoms with Crippen LogP contribution in [0.15, 0.2) is 70.1 Å². The molecule has 0 aliphatic rings. The Bertz CT molecular complexity index is 801. The van der Waals surface area contributed by atoms with Gasteiger partial charge in [-0.25, -0.2) is 0 Å². The van der Waals surface area contributed by atoms with E-state index in [9.17, 15) is 9.00 Å². The summed E-state index contributed by atoms with van der Waals surface area (Å²) < 4.78 is 17.2. The Balaban J connectivity index is 1.74. The van der Waals surface area contributed by atoms with Gasteiger partial charge in [-0.2, -0.15) is 4.98 Å². The third-order valence-corrected chi connectivity index (χ3v) is 4.27. The third kappa shape index (κ3) is 3.17. The van der Waals surface area contributed by atoms with Crippen molar-refractivity contribution in [3.63, 3.8) is 0 Å². The van der Waals surface area contributed by atoms with Gasteiger partial charge in [-0.3, -0.25) is 9.00 Å². The van der Waals surface area contributed by atoms with Crippen molar-refractivity contribution >= 4 is 16.6 Å². The van der Waals surface area contributed by atoms with Crippen LogP contribution in [0.3, 0.4) is 0 Å². The summed E-state index contributed by atoms with van der Waals surface area (Å²) in [7, 11) is -1.29. The van der Waals surface area contributed by atoms with E-state index in [1.54, 1.807) is 36.4 Å². The Morgan fingerprint density at radius 2 is 1.64 bits per heavy atom.